The zero-order valence-electron chi connectivity index (χ0n) is 11.0. The first-order chi connectivity index (χ1) is 8.37. The molecular weight excluding hydrogens is 233 g/mol. The molecule has 1 aliphatic rings. The fraction of sp³-hybridized carbons (Fsp3) is 0.500. The van der Waals surface area contributed by atoms with E-state index in [1.54, 1.807) is 26.8 Å². The summed E-state index contributed by atoms with van der Waals surface area (Å²) in [6.07, 6.45) is 0.811. The molecule has 0 aliphatic carbocycles. The lowest BCUT2D eigenvalue weighted by Crippen LogP contribution is -2.27. The number of rotatable bonds is 1. The quantitative estimate of drug-likeness (QED) is 0.779. The van der Waals surface area contributed by atoms with Crippen LogP contribution < -0.4 is 5.32 Å². The molecule has 0 amide bonds. The Balaban J connectivity index is 2.31. The predicted octanol–water partition coefficient (Wildman–Crippen LogP) is 2.43. The van der Waals surface area contributed by atoms with E-state index in [9.17, 15) is 9.18 Å². The van der Waals surface area contributed by atoms with Crippen LogP contribution in [0.25, 0.3) is 0 Å². The van der Waals surface area contributed by atoms with E-state index in [1.807, 2.05) is 0 Å². The van der Waals surface area contributed by atoms with Crippen molar-refractivity contribution in [2.24, 2.45) is 0 Å². The van der Waals surface area contributed by atoms with E-state index in [0.29, 0.717) is 6.54 Å². The maximum absolute atomic E-state index is 13.9. The van der Waals surface area contributed by atoms with E-state index >= 15 is 0 Å². The molecule has 3 nitrogen and oxygen atoms in total. The smallest absolute Gasteiger partial charge is 0.341 e. The Morgan fingerprint density at radius 3 is 2.72 bits per heavy atom. The van der Waals surface area contributed by atoms with Crippen LogP contribution >= 0.6 is 0 Å². The summed E-state index contributed by atoms with van der Waals surface area (Å²) in [4.78, 5) is 11.9. The van der Waals surface area contributed by atoms with E-state index in [-0.39, 0.29) is 5.56 Å². The van der Waals surface area contributed by atoms with Crippen molar-refractivity contribution in [2.45, 2.75) is 39.3 Å². The van der Waals surface area contributed by atoms with Gasteiger partial charge in [0.05, 0.1) is 5.56 Å². The summed E-state index contributed by atoms with van der Waals surface area (Å²) < 4.78 is 19.1. The molecule has 0 saturated heterocycles. The molecule has 0 unspecified atom stereocenters. The molecule has 98 valence electrons. The average Bonchev–Trinajstić information content (AvgIpc) is 2.25. The van der Waals surface area contributed by atoms with Gasteiger partial charge in [0, 0.05) is 6.54 Å². The number of nitrogens with one attached hydrogen (secondary N) is 1. The maximum Gasteiger partial charge on any atom is 0.341 e. The molecule has 1 heterocycles. The second-order valence-electron chi connectivity index (χ2n) is 5.53. The van der Waals surface area contributed by atoms with E-state index in [1.165, 1.54) is 6.07 Å². The Hall–Kier alpha value is -1.42. The van der Waals surface area contributed by atoms with Crippen molar-refractivity contribution in [2.75, 3.05) is 6.54 Å². The van der Waals surface area contributed by atoms with E-state index < -0.39 is 17.4 Å². The SMILES string of the molecule is CC(C)(C)OC(=O)c1cc2c(cc1F)CNCC2. The molecule has 4 heteroatoms. The van der Waals surface area contributed by atoms with Gasteiger partial charge < -0.3 is 10.1 Å². The van der Waals surface area contributed by atoms with Crippen LogP contribution in [0, 0.1) is 5.82 Å². The Bertz CT molecular complexity index is 477. The molecule has 18 heavy (non-hydrogen) atoms. The second kappa shape index (κ2) is 4.69. The minimum Gasteiger partial charge on any atom is -0.456 e. The minimum absolute atomic E-state index is 0.0329. The van der Waals surface area contributed by atoms with Gasteiger partial charge in [-0.2, -0.15) is 0 Å². The van der Waals surface area contributed by atoms with Crippen LogP contribution in [0.1, 0.15) is 42.3 Å². The zero-order valence-corrected chi connectivity index (χ0v) is 11.0. The van der Waals surface area contributed by atoms with Crippen LogP contribution in [-0.4, -0.2) is 18.1 Å². The highest BCUT2D eigenvalue weighted by Crippen LogP contribution is 2.21. The van der Waals surface area contributed by atoms with E-state index in [4.69, 9.17) is 4.74 Å². The number of benzene rings is 1. The van der Waals surface area contributed by atoms with E-state index in [0.717, 1.165) is 24.1 Å². The second-order valence-corrected chi connectivity index (χ2v) is 5.53. The van der Waals surface area contributed by atoms with Crippen molar-refractivity contribution >= 4 is 5.97 Å². The standard InChI is InChI=1S/C14H18FNO2/c1-14(2,3)18-13(17)11-6-9-4-5-16-8-10(9)7-12(11)15/h6-7,16H,4-5,8H2,1-3H3. The van der Waals surface area contributed by atoms with Gasteiger partial charge in [-0.3, -0.25) is 0 Å². The molecule has 0 saturated carbocycles. The average molecular weight is 251 g/mol. The highest BCUT2D eigenvalue weighted by molar-refractivity contribution is 5.90. The molecule has 0 bridgehead atoms. The third-order valence-corrected chi connectivity index (χ3v) is 2.79. The third-order valence-electron chi connectivity index (χ3n) is 2.79. The lowest BCUT2D eigenvalue weighted by atomic mass is 9.98. The van der Waals surface area contributed by atoms with Crippen molar-refractivity contribution < 1.29 is 13.9 Å². The summed E-state index contributed by atoms with van der Waals surface area (Å²) in [7, 11) is 0. The van der Waals surface area contributed by atoms with Gasteiger partial charge in [0.15, 0.2) is 0 Å². The van der Waals surface area contributed by atoms with Crippen molar-refractivity contribution in [3.63, 3.8) is 0 Å². The van der Waals surface area contributed by atoms with Gasteiger partial charge >= 0.3 is 5.97 Å². The number of halogens is 1. The summed E-state index contributed by atoms with van der Waals surface area (Å²) in [5.41, 5.74) is 1.37. The lowest BCUT2D eigenvalue weighted by Gasteiger charge is -2.21. The van der Waals surface area contributed by atoms with Gasteiger partial charge in [0.1, 0.15) is 11.4 Å². The first-order valence-electron chi connectivity index (χ1n) is 6.12. The molecule has 1 aliphatic heterocycles. The summed E-state index contributed by atoms with van der Waals surface area (Å²) in [6, 6.07) is 3.06. The Labute approximate surface area is 106 Å². The van der Waals surface area contributed by atoms with Crippen molar-refractivity contribution in [3.05, 3.63) is 34.6 Å². The van der Waals surface area contributed by atoms with Crippen LogP contribution in [-0.2, 0) is 17.7 Å². The topological polar surface area (TPSA) is 38.3 Å². The summed E-state index contributed by atoms with van der Waals surface area (Å²) in [5.74, 6) is -1.10. The van der Waals surface area contributed by atoms with Crippen molar-refractivity contribution in [3.8, 4) is 0 Å². The van der Waals surface area contributed by atoms with Gasteiger partial charge in [-0.25, -0.2) is 9.18 Å². The van der Waals surface area contributed by atoms with Crippen LogP contribution in [0.2, 0.25) is 0 Å². The lowest BCUT2D eigenvalue weighted by molar-refractivity contribution is 0.00645. The molecule has 0 aromatic heterocycles. The van der Waals surface area contributed by atoms with Gasteiger partial charge in [-0.1, -0.05) is 0 Å². The first-order valence-corrected chi connectivity index (χ1v) is 6.12. The number of hydrogen-bond donors (Lipinski definition) is 1. The Morgan fingerprint density at radius 2 is 2.06 bits per heavy atom. The maximum atomic E-state index is 13.9. The van der Waals surface area contributed by atoms with Crippen molar-refractivity contribution in [1.29, 1.82) is 0 Å². The Morgan fingerprint density at radius 1 is 1.33 bits per heavy atom. The molecule has 0 fully saturated rings. The molecule has 2 rings (SSSR count). The number of ether oxygens (including phenoxy) is 1. The predicted molar refractivity (Wildman–Crippen MR) is 67.0 cm³/mol. The van der Waals surface area contributed by atoms with Crippen LogP contribution in [0.4, 0.5) is 4.39 Å². The highest BCUT2D eigenvalue weighted by atomic mass is 19.1. The summed E-state index contributed by atoms with van der Waals surface area (Å²) >= 11 is 0. The fourth-order valence-electron chi connectivity index (χ4n) is 1.99. The highest BCUT2D eigenvalue weighted by Gasteiger charge is 2.22. The molecule has 0 atom stereocenters. The molecule has 0 spiro atoms. The summed E-state index contributed by atoms with van der Waals surface area (Å²) in [5, 5.41) is 3.17. The number of carbonyl (C=O) groups is 1. The molecule has 1 aromatic rings. The molecular formula is C14H18FNO2. The Kier molecular flexibility index (Phi) is 3.39. The number of fused-ring (bicyclic) bond motifs is 1. The molecule has 0 radical (unpaired) electrons. The van der Waals surface area contributed by atoms with Gasteiger partial charge in [0.2, 0.25) is 0 Å². The fourth-order valence-corrected chi connectivity index (χ4v) is 1.99. The first kappa shape index (κ1) is 13.0. The zero-order chi connectivity index (χ0) is 13.3. The normalized spacial score (nSPS) is 15.1. The van der Waals surface area contributed by atoms with Crippen LogP contribution in [0.3, 0.4) is 0 Å². The van der Waals surface area contributed by atoms with Crippen LogP contribution in [0.15, 0.2) is 12.1 Å². The minimum atomic E-state index is -0.610. The van der Waals surface area contributed by atoms with E-state index in [2.05, 4.69) is 5.32 Å². The molecule has 1 aromatic carbocycles. The number of esters is 1. The number of carbonyl (C=O) groups excluding carboxylic acids is 1. The van der Waals surface area contributed by atoms with Gasteiger partial charge in [-0.05, 0) is 57.0 Å². The van der Waals surface area contributed by atoms with Crippen LogP contribution in [0.5, 0.6) is 0 Å². The summed E-state index contributed by atoms with van der Waals surface area (Å²) in [6.45, 7) is 6.81. The third kappa shape index (κ3) is 2.88. The number of hydrogen-bond acceptors (Lipinski definition) is 3. The largest absolute Gasteiger partial charge is 0.456 e. The van der Waals surface area contributed by atoms with Crippen molar-refractivity contribution in [1.82, 2.24) is 5.32 Å². The van der Waals surface area contributed by atoms with Gasteiger partial charge in [0.25, 0.3) is 0 Å². The van der Waals surface area contributed by atoms with Gasteiger partial charge in [-0.15, -0.1) is 0 Å². The molecule has 1 N–H and O–H groups in total. The monoisotopic (exact) mass is 251 g/mol.